The van der Waals surface area contributed by atoms with Crippen molar-refractivity contribution in [2.45, 2.75) is 13.1 Å². The summed E-state index contributed by atoms with van der Waals surface area (Å²) in [4.78, 5) is 0. The number of rotatable bonds is 3. The van der Waals surface area contributed by atoms with E-state index in [2.05, 4.69) is 5.32 Å². The Morgan fingerprint density at radius 2 is 1.76 bits per heavy atom. The number of nitrogens with two attached hydrogens (primary N) is 1. The van der Waals surface area contributed by atoms with Gasteiger partial charge in [0.05, 0.1) is 29.7 Å². The molecule has 112 valence electrons. The van der Waals surface area contributed by atoms with Crippen LogP contribution in [-0.4, -0.2) is 7.11 Å². The zero-order chi connectivity index (χ0) is 15.6. The van der Waals surface area contributed by atoms with Crippen LogP contribution in [0.2, 0.25) is 0 Å². The van der Waals surface area contributed by atoms with E-state index in [1.165, 1.54) is 13.2 Å². The van der Waals surface area contributed by atoms with Gasteiger partial charge in [0.15, 0.2) is 0 Å². The first-order valence-corrected chi connectivity index (χ1v) is 6.19. The van der Waals surface area contributed by atoms with Crippen LogP contribution in [0.25, 0.3) is 0 Å². The van der Waals surface area contributed by atoms with Crippen LogP contribution >= 0.6 is 0 Å². The van der Waals surface area contributed by atoms with Crippen LogP contribution in [0.3, 0.4) is 0 Å². The number of anilines is 3. The fourth-order valence-electron chi connectivity index (χ4n) is 1.92. The van der Waals surface area contributed by atoms with Gasteiger partial charge in [-0.05, 0) is 42.8 Å². The molecule has 0 bridgehead atoms. The summed E-state index contributed by atoms with van der Waals surface area (Å²) in [5, 5.41) is 2.99. The van der Waals surface area contributed by atoms with E-state index in [-0.39, 0.29) is 5.69 Å². The molecule has 6 heteroatoms. The van der Waals surface area contributed by atoms with Crippen molar-refractivity contribution in [3.8, 4) is 5.75 Å². The normalized spacial score (nSPS) is 11.3. The van der Waals surface area contributed by atoms with Gasteiger partial charge in [0, 0.05) is 0 Å². The molecular weight excluding hydrogens is 281 g/mol. The number of aryl methyl sites for hydroxylation is 1. The van der Waals surface area contributed by atoms with E-state index < -0.39 is 11.7 Å². The van der Waals surface area contributed by atoms with Crippen molar-refractivity contribution in [2.75, 3.05) is 18.2 Å². The van der Waals surface area contributed by atoms with Crippen LogP contribution in [0.5, 0.6) is 5.75 Å². The summed E-state index contributed by atoms with van der Waals surface area (Å²) in [6.45, 7) is 1.90. The quantitative estimate of drug-likeness (QED) is 0.828. The number of methoxy groups -OCH3 is 1. The van der Waals surface area contributed by atoms with Gasteiger partial charge in [-0.3, -0.25) is 0 Å². The van der Waals surface area contributed by atoms with Crippen molar-refractivity contribution >= 4 is 17.1 Å². The minimum absolute atomic E-state index is 0.0217. The average Bonchev–Trinajstić information content (AvgIpc) is 2.40. The number of alkyl halides is 3. The van der Waals surface area contributed by atoms with E-state index in [4.69, 9.17) is 10.5 Å². The molecule has 0 aliphatic heterocycles. The van der Waals surface area contributed by atoms with E-state index in [9.17, 15) is 13.2 Å². The lowest BCUT2D eigenvalue weighted by molar-refractivity contribution is -0.137. The van der Waals surface area contributed by atoms with E-state index in [1.54, 1.807) is 6.07 Å². The third kappa shape index (κ3) is 3.39. The highest BCUT2D eigenvalue weighted by molar-refractivity contribution is 5.76. The lowest BCUT2D eigenvalue weighted by Gasteiger charge is -2.15. The molecule has 21 heavy (non-hydrogen) atoms. The van der Waals surface area contributed by atoms with E-state index in [0.29, 0.717) is 17.1 Å². The summed E-state index contributed by atoms with van der Waals surface area (Å²) < 4.78 is 43.0. The molecule has 0 fully saturated rings. The van der Waals surface area contributed by atoms with Gasteiger partial charge in [0.25, 0.3) is 0 Å². The topological polar surface area (TPSA) is 47.3 Å². The van der Waals surface area contributed by atoms with E-state index in [0.717, 1.165) is 17.7 Å². The second kappa shape index (κ2) is 5.55. The fraction of sp³-hybridized carbons (Fsp3) is 0.200. The van der Waals surface area contributed by atoms with Crippen LogP contribution in [-0.2, 0) is 6.18 Å². The van der Waals surface area contributed by atoms with E-state index >= 15 is 0 Å². The molecule has 3 N–H and O–H groups in total. The number of benzene rings is 2. The SMILES string of the molecule is COc1ccc(C)cc1Nc1ccc(C(F)(F)F)cc1N. The Hall–Kier alpha value is -2.37. The maximum absolute atomic E-state index is 12.6. The smallest absolute Gasteiger partial charge is 0.416 e. The summed E-state index contributed by atoms with van der Waals surface area (Å²) in [6, 6.07) is 8.68. The van der Waals surface area contributed by atoms with Crippen molar-refractivity contribution in [2.24, 2.45) is 0 Å². The van der Waals surface area contributed by atoms with Gasteiger partial charge in [-0.25, -0.2) is 0 Å². The number of ether oxygens (including phenoxy) is 1. The molecule has 2 aromatic carbocycles. The van der Waals surface area contributed by atoms with Gasteiger partial charge >= 0.3 is 6.18 Å². The predicted molar refractivity (Wildman–Crippen MR) is 76.9 cm³/mol. The lowest BCUT2D eigenvalue weighted by Crippen LogP contribution is -2.07. The zero-order valence-electron chi connectivity index (χ0n) is 11.6. The largest absolute Gasteiger partial charge is 0.495 e. The van der Waals surface area contributed by atoms with Gasteiger partial charge < -0.3 is 15.8 Å². The maximum atomic E-state index is 12.6. The second-order valence-electron chi connectivity index (χ2n) is 4.63. The third-order valence-corrected chi connectivity index (χ3v) is 3.00. The second-order valence-corrected chi connectivity index (χ2v) is 4.63. The van der Waals surface area contributed by atoms with Crippen molar-refractivity contribution < 1.29 is 17.9 Å². The summed E-state index contributed by atoms with van der Waals surface area (Å²) in [6.07, 6.45) is -4.41. The molecule has 0 amide bonds. The highest BCUT2D eigenvalue weighted by Gasteiger charge is 2.30. The summed E-state index contributed by atoms with van der Waals surface area (Å²) in [7, 11) is 1.52. The Kier molecular flexibility index (Phi) is 3.97. The zero-order valence-corrected chi connectivity index (χ0v) is 11.6. The Labute approximate surface area is 120 Å². The van der Waals surface area contributed by atoms with Crippen LogP contribution in [0.4, 0.5) is 30.2 Å². The minimum atomic E-state index is -4.41. The molecule has 0 saturated carbocycles. The van der Waals surface area contributed by atoms with Gasteiger partial charge in [0.2, 0.25) is 0 Å². The molecule has 3 nitrogen and oxygen atoms in total. The summed E-state index contributed by atoms with van der Waals surface area (Å²) in [5.74, 6) is 0.583. The maximum Gasteiger partial charge on any atom is 0.416 e. The number of hydrogen-bond donors (Lipinski definition) is 2. The van der Waals surface area contributed by atoms with Crippen molar-refractivity contribution in [3.05, 3.63) is 47.5 Å². The predicted octanol–water partition coefficient (Wildman–Crippen LogP) is 4.35. The molecular formula is C15H15F3N2O. The molecule has 2 aromatic rings. The lowest BCUT2D eigenvalue weighted by atomic mass is 10.1. The van der Waals surface area contributed by atoms with Crippen LogP contribution in [0.1, 0.15) is 11.1 Å². The number of nitrogen functional groups attached to an aromatic ring is 1. The third-order valence-electron chi connectivity index (χ3n) is 3.00. The van der Waals surface area contributed by atoms with E-state index in [1.807, 2.05) is 19.1 Å². The first-order valence-electron chi connectivity index (χ1n) is 6.19. The van der Waals surface area contributed by atoms with Crippen molar-refractivity contribution in [1.82, 2.24) is 0 Å². The number of hydrogen-bond acceptors (Lipinski definition) is 3. The number of nitrogens with one attached hydrogen (secondary N) is 1. The monoisotopic (exact) mass is 296 g/mol. The molecule has 0 aromatic heterocycles. The molecule has 0 saturated heterocycles. The van der Waals surface area contributed by atoms with Crippen molar-refractivity contribution in [3.63, 3.8) is 0 Å². The number of halogens is 3. The average molecular weight is 296 g/mol. The molecule has 2 rings (SSSR count). The van der Waals surface area contributed by atoms with Crippen LogP contribution < -0.4 is 15.8 Å². The van der Waals surface area contributed by atoms with Crippen molar-refractivity contribution in [1.29, 1.82) is 0 Å². The Morgan fingerprint density at radius 3 is 2.33 bits per heavy atom. The van der Waals surface area contributed by atoms with Gasteiger partial charge in [0.1, 0.15) is 5.75 Å². The molecule has 0 aliphatic rings. The van der Waals surface area contributed by atoms with Crippen LogP contribution in [0.15, 0.2) is 36.4 Å². The fourth-order valence-corrected chi connectivity index (χ4v) is 1.92. The molecule has 0 spiro atoms. The van der Waals surface area contributed by atoms with Crippen LogP contribution in [0, 0.1) is 6.92 Å². The van der Waals surface area contributed by atoms with Gasteiger partial charge in [-0.15, -0.1) is 0 Å². The highest BCUT2D eigenvalue weighted by atomic mass is 19.4. The highest BCUT2D eigenvalue weighted by Crippen LogP contribution is 2.35. The van der Waals surface area contributed by atoms with Gasteiger partial charge in [-0.2, -0.15) is 13.2 Å². The summed E-state index contributed by atoms with van der Waals surface area (Å²) in [5.41, 5.74) is 6.97. The summed E-state index contributed by atoms with van der Waals surface area (Å²) >= 11 is 0. The standard InChI is InChI=1S/C15H15F3N2O/c1-9-3-6-14(21-2)13(7-9)20-12-5-4-10(8-11(12)19)15(16,17)18/h3-8,20H,19H2,1-2H3. The molecule has 0 unspecified atom stereocenters. The van der Waals surface area contributed by atoms with Gasteiger partial charge in [-0.1, -0.05) is 6.07 Å². The molecule has 0 atom stereocenters. The Balaban J connectivity index is 2.34. The Morgan fingerprint density at radius 1 is 1.05 bits per heavy atom. The molecule has 0 aliphatic carbocycles. The first-order chi connectivity index (χ1) is 9.81. The molecule has 0 radical (unpaired) electrons. The first kappa shape index (κ1) is 15.0. The Bertz CT molecular complexity index is 654. The minimum Gasteiger partial charge on any atom is -0.495 e. The molecule has 0 heterocycles.